The third-order valence-corrected chi connectivity index (χ3v) is 5.45. The zero-order chi connectivity index (χ0) is 22.4. The minimum absolute atomic E-state index is 0.0314. The first-order valence-electron chi connectivity index (χ1n) is 10.3. The molecule has 1 aliphatic heterocycles. The zero-order valence-corrected chi connectivity index (χ0v) is 19.3. The van der Waals surface area contributed by atoms with Gasteiger partial charge in [-0.15, -0.1) is 0 Å². The minimum atomic E-state index is -0.0878. The standard InChI is InChI=1S/C23H27ClN4O2S/c1-16(2)15-21(29)26-23(31)25-19-7-9-20(10-8-19)27-11-13-28(14-12-27)22(30)17-3-5-18(24)6-4-17/h3-10,16H,11-15H2,1-2H3,(H2,25,26,29,31). The van der Waals surface area contributed by atoms with Gasteiger partial charge >= 0.3 is 0 Å². The highest BCUT2D eigenvalue weighted by Gasteiger charge is 2.22. The van der Waals surface area contributed by atoms with Crippen LogP contribution in [0.15, 0.2) is 48.5 Å². The predicted octanol–water partition coefficient (Wildman–Crippen LogP) is 4.16. The number of carbonyl (C=O) groups is 2. The van der Waals surface area contributed by atoms with E-state index in [0.29, 0.717) is 35.2 Å². The van der Waals surface area contributed by atoms with Crippen LogP contribution in [0.25, 0.3) is 0 Å². The van der Waals surface area contributed by atoms with Gasteiger partial charge < -0.3 is 20.4 Å². The summed E-state index contributed by atoms with van der Waals surface area (Å²) in [6.07, 6.45) is 0.438. The average Bonchev–Trinajstić information content (AvgIpc) is 2.74. The van der Waals surface area contributed by atoms with Gasteiger partial charge in [-0.3, -0.25) is 9.59 Å². The highest BCUT2D eigenvalue weighted by Crippen LogP contribution is 2.20. The van der Waals surface area contributed by atoms with Gasteiger partial charge in [0.15, 0.2) is 5.11 Å². The number of carbonyl (C=O) groups excluding carboxylic acids is 2. The van der Waals surface area contributed by atoms with Crippen molar-refractivity contribution in [1.29, 1.82) is 0 Å². The molecule has 2 aromatic rings. The van der Waals surface area contributed by atoms with Crippen LogP contribution in [0.4, 0.5) is 11.4 Å². The van der Waals surface area contributed by atoms with Crippen LogP contribution in [0.3, 0.4) is 0 Å². The van der Waals surface area contributed by atoms with Gasteiger partial charge in [-0.2, -0.15) is 0 Å². The second kappa shape index (κ2) is 10.6. The quantitative estimate of drug-likeness (QED) is 0.658. The molecule has 0 aromatic heterocycles. The summed E-state index contributed by atoms with van der Waals surface area (Å²) in [6, 6.07) is 14.9. The molecular formula is C23H27ClN4O2S. The first-order valence-corrected chi connectivity index (χ1v) is 11.1. The van der Waals surface area contributed by atoms with E-state index in [0.717, 1.165) is 24.5 Å². The Kier molecular flexibility index (Phi) is 7.87. The Labute approximate surface area is 193 Å². The number of amides is 2. The summed E-state index contributed by atoms with van der Waals surface area (Å²) in [6.45, 7) is 6.82. The Morgan fingerprint density at radius 2 is 1.61 bits per heavy atom. The fourth-order valence-corrected chi connectivity index (χ4v) is 3.77. The smallest absolute Gasteiger partial charge is 0.253 e. The lowest BCUT2D eigenvalue weighted by atomic mass is 10.1. The fraction of sp³-hybridized carbons (Fsp3) is 0.348. The summed E-state index contributed by atoms with van der Waals surface area (Å²) in [5.41, 5.74) is 2.55. The van der Waals surface area contributed by atoms with Crippen molar-refractivity contribution < 1.29 is 9.59 Å². The lowest BCUT2D eigenvalue weighted by Gasteiger charge is -2.36. The number of anilines is 2. The number of piperazine rings is 1. The maximum absolute atomic E-state index is 12.7. The molecule has 1 aliphatic rings. The van der Waals surface area contributed by atoms with Crippen molar-refractivity contribution in [2.45, 2.75) is 20.3 Å². The molecule has 1 heterocycles. The van der Waals surface area contributed by atoms with Gasteiger partial charge in [0, 0.05) is 54.6 Å². The van der Waals surface area contributed by atoms with Gasteiger partial charge in [0.2, 0.25) is 5.91 Å². The van der Waals surface area contributed by atoms with E-state index in [9.17, 15) is 9.59 Å². The third-order valence-electron chi connectivity index (χ3n) is 4.99. The van der Waals surface area contributed by atoms with E-state index in [4.69, 9.17) is 23.8 Å². The van der Waals surface area contributed by atoms with Crippen molar-refractivity contribution in [2.24, 2.45) is 5.92 Å². The summed E-state index contributed by atoms with van der Waals surface area (Å²) in [4.78, 5) is 28.6. The molecule has 3 rings (SSSR count). The molecule has 0 atom stereocenters. The Bertz CT molecular complexity index is 924. The number of hydrogen-bond acceptors (Lipinski definition) is 4. The van der Waals surface area contributed by atoms with E-state index in [1.54, 1.807) is 24.3 Å². The molecule has 1 saturated heterocycles. The number of nitrogens with one attached hydrogen (secondary N) is 2. The fourth-order valence-electron chi connectivity index (χ4n) is 3.41. The predicted molar refractivity (Wildman–Crippen MR) is 130 cm³/mol. The molecule has 0 bridgehead atoms. The normalized spacial score (nSPS) is 13.8. The van der Waals surface area contributed by atoms with Crippen molar-refractivity contribution in [1.82, 2.24) is 10.2 Å². The average molecular weight is 459 g/mol. The molecule has 0 spiro atoms. The number of benzene rings is 2. The molecular weight excluding hydrogens is 432 g/mol. The van der Waals surface area contributed by atoms with Gasteiger partial charge in [-0.1, -0.05) is 25.4 Å². The van der Waals surface area contributed by atoms with Crippen LogP contribution in [0.1, 0.15) is 30.6 Å². The minimum Gasteiger partial charge on any atom is -0.368 e. The van der Waals surface area contributed by atoms with Crippen molar-refractivity contribution in [3.05, 3.63) is 59.1 Å². The lowest BCUT2D eigenvalue weighted by Crippen LogP contribution is -2.48. The number of nitrogens with zero attached hydrogens (tertiary/aromatic N) is 2. The van der Waals surface area contributed by atoms with Crippen LogP contribution in [-0.2, 0) is 4.79 Å². The Hall–Kier alpha value is -2.64. The van der Waals surface area contributed by atoms with E-state index in [1.165, 1.54) is 0 Å². The topological polar surface area (TPSA) is 64.7 Å². The Morgan fingerprint density at radius 3 is 2.19 bits per heavy atom. The number of rotatable bonds is 5. The molecule has 2 aromatic carbocycles. The van der Waals surface area contributed by atoms with Gasteiger partial charge in [0.25, 0.3) is 5.91 Å². The van der Waals surface area contributed by atoms with Crippen LogP contribution in [0.2, 0.25) is 5.02 Å². The Morgan fingerprint density at radius 1 is 1.00 bits per heavy atom. The van der Waals surface area contributed by atoms with Crippen LogP contribution in [0.5, 0.6) is 0 Å². The summed E-state index contributed by atoms with van der Waals surface area (Å²) in [5, 5.41) is 6.66. The largest absolute Gasteiger partial charge is 0.368 e. The van der Waals surface area contributed by atoms with Crippen LogP contribution >= 0.6 is 23.8 Å². The van der Waals surface area contributed by atoms with E-state index >= 15 is 0 Å². The maximum Gasteiger partial charge on any atom is 0.253 e. The summed E-state index contributed by atoms with van der Waals surface area (Å²) < 4.78 is 0. The SMILES string of the molecule is CC(C)CC(=O)NC(=S)Nc1ccc(N2CCN(C(=O)c3ccc(Cl)cc3)CC2)cc1. The molecule has 0 radical (unpaired) electrons. The van der Waals surface area contributed by atoms with E-state index < -0.39 is 0 Å². The van der Waals surface area contributed by atoms with Crippen molar-refractivity contribution >= 4 is 52.1 Å². The van der Waals surface area contributed by atoms with E-state index in [-0.39, 0.29) is 17.7 Å². The van der Waals surface area contributed by atoms with Crippen molar-refractivity contribution in [3.63, 3.8) is 0 Å². The molecule has 2 amide bonds. The molecule has 2 N–H and O–H groups in total. The first kappa shape index (κ1) is 23.0. The number of halogens is 1. The van der Waals surface area contributed by atoms with Gasteiger partial charge in [-0.05, 0) is 66.7 Å². The molecule has 8 heteroatoms. The number of thiocarbonyl (C=S) groups is 1. The second-order valence-electron chi connectivity index (χ2n) is 7.93. The first-order chi connectivity index (χ1) is 14.8. The van der Waals surface area contributed by atoms with Crippen molar-refractivity contribution in [3.8, 4) is 0 Å². The highest BCUT2D eigenvalue weighted by atomic mass is 35.5. The lowest BCUT2D eigenvalue weighted by molar-refractivity contribution is -0.120. The molecule has 6 nitrogen and oxygen atoms in total. The van der Waals surface area contributed by atoms with Crippen LogP contribution in [-0.4, -0.2) is 48.0 Å². The molecule has 0 aliphatic carbocycles. The summed E-state index contributed by atoms with van der Waals surface area (Å²) >= 11 is 11.1. The van der Waals surface area contributed by atoms with E-state index in [1.807, 2.05) is 43.0 Å². The van der Waals surface area contributed by atoms with E-state index in [2.05, 4.69) is 15.5 Å². The highest BCUT2D eigenvalue weighted by molar-refractivity contribution is 7.80. The maximum atomic E-state index is 12.7. The van der Waals surface area contributed by atoms with Gasteiger partial charge in [0.05, 0.1) is 0 Å². The molecule has 31 heavy (non-hydrogen) atoms. The monoisotopic (exact) mass is 458 g/mol. The summed E-state index contributed by atoms with van der Waals surface area (Å²) in [7, 11) is 0. The molecule has 0 saturated carbocycles. The van der Waals surface area contributed by atoms with Gasteiger partial charge in [0.1, 0.15) is 0 Å². The van der Waals surface area contributed by atoms with Crippen molar-refractivity contribution in [2.75, 3.05) is 36.4 Å². The third kappa shape index (κ3) is 6.67. The van der Waals surface area contributed by atoms with Gasteiger partial charge in [-0.25, -0.2) is 0 Å². The molecule has 0 unspecified atom stereocenters. The second-order valence-corrected chi connectivity index (χ2v) is 8.78. The Balaban J connectivity index is 1.50. The summed E-state index contributed by atoms with van der Waals surface area (Å²) in [5.74, 6) is 0.225. The van der Waals surface area contributed by atoms with Crippen LogP contribution in [0, 0.1) is 5.92 Å². The molecule has 1 fully saturated rings. The van der Waals surface area contributed by atoms with Crippen LogP contribution < -0.4 is 15.5 Å². The molecule has 164 valence electrons. The zero-order valence-electron chi connectivity index (χ0n) is 17.7. The number of hydrogen-bond donors (Lipinski definition) is 2.